The Morgan fingerprint density at radius 2 is 1.86 bits per heavy atom. The average molecular weight is 446 g/mol. The fourth-order valence-electron chi connectivity index (χ4n) is 2.79. The number of aliphatic hydroxyl groups is 1. The third-order valence-corrected chi connectivity index (χ3v) is 6.16. The highest BCUT2D eigenvalue weighted by Crippen LogP contribution is 2.44. The van der Waals surface area contributed by atoms with E-state index in [1.54, 1.807) is 6.07 Å². The highest BCUT2D eigenvalue weighted by Gasteiger charge is 2.31. The van der Waals surface area contributed by atoms with Gasteiger partial charge in [-0.25, -0.2) is 0 Å². The minimum Gasteiger partial charge on any atom is -0.503 e. The van der Waals surface area contributed by atoms with Crippen molar-refractivity contribution >= 4 is 44.3 Å². The Kier molecular flexibility index (Phi) is 7.27. The molecule has 7 heteroatoms. The van der Waals surface area contributed by atoms with Gasteiger partial charge in [0.05, 0.1) is 23.7 Å². The van der Waals surface area contributed by atoms with Crippen molar-refractivity contribution in [2.45, 2.75) is 37.8 Å². The molecule has 0 heterocycles. The van der Waals surface area contributed by atoms with Crippen molar-refractivity contribution in [2.75, 3.05) is 7.11 Å². The summed E-state index contributed by atoms with van der Waals surface area (Å²) < 4.78 is 6.28. The fourth-order valence-corrected chi connectivity index (χ4v) is 3.78. The van der Waals surface area contributed by atoms with Gasteiger partial charge in [0.1, 0.15) is 0 Å². The molecule has 2 rings (SSSR count). The number of nitrogens with two attached hydrogens (primary N) is 1. The first-order chi connectivity index (χ1) is 9.47. The maximum Gasteiger partial charge on any atom is 0.173 e. The molecule has 0 radical (unpaired) electrons. The molecule has 1 fully saturated rings. The Morgan fingerprint density at radius 3 is 2.38 bits per heavy atom. The zero-order valence-corrected chi connectivity index (χ0v) is 15.7. The summed E-state index contributed by atoms with van der Waals surface area (Å²) in [5.74, 6) is 0.602. The number of halogens is 3. The largest absolute Gasteiger partial charge is 0.503 e. The second-order valence-electron chi connectivity index (χ2n) is 5.21. The molecule has 0 amide bonds. The molecule has 2 atom stereocenters. The van der Waals surface area contributed by atoms with E-state index in [9.17, 15) is 10.2 Å². The van der Waals surface area contributed by atoms with E-state index in [4.69, 9.17) is 10.5 Å². The quantitative estimate of drug-likeness (QED) is 0.657. The first-order valence-corrected chi connectivity index (χ1v) is 8.24. The molecule has 0 spiro atoms. The number of benzene rings is 1. The number of phenols is 1. The van der Waals surface area contributed by atoms with E-state index in [0.717, 1.165) is 31.2 Å². The molecule has 1 saturated carbocycles. The van der Waals surface area contributed by atoms with Crippen LogP contribution in [0.1, 0.15) is 37.3 Å². The van der Waals surface area contributed by atoms with Crippen molar-refractivity contribution in [3.63, 3.8) is 0 Å². The van der Waals surface area contributed by atoms with Gasteiger partial charge >= 0.3 is 0 Å². The lowest BCUT2D eigenvalue weighted by Crippen LogP contribution is -2.32. The predicted octanol–water partition coefficient (Wildman–Crippen LogP) is 3.90. The summed E-state index contributed by atoms with van der Waals surface area (Å²) in [4.78, 5) is 0. The maximum atomic E-state index is 10.5. The molecular formula is C14H20Br2ClNO3. The van der Waals surface area contributed by atoms with E-state index in [2.05, 4.69) is 31.9 Å². The molecule has 0 bridgehead atoms. The van der Waals surface area contributed by atoms with Gasteiger partial charge in [-0.2, -0.15) is 0 Å². The van der Waals surface area contributed by atoms with Gasteiger partial charge in [0.15, 0.2) is 11.5 Å². The van der Waals surface area contributed by atoms with Gasteiger partial charge in [0.2, 0.25) is 0 Å². The van der Waals surface area contributed by atoms with Crippen LogP contribution in [0.2, 0.25) is 0 Å². The van der Waals surface area contributed by atoms with Crippen LogP contribution in [0, 0.1) is 5.92 Å². The summed E-state index contributed by atoms with van der Waals surface area (Å²) in [6, 6.07) is 1.16. The number of aliphatic hydroxyl groups excluding tert-OH is 1. The summed E-state index contributed by atoms with van der Waals surface area (Å²) >= 11 is 6.73. The van der Waals surface area contributed by atoms with Gasteiger partial charge in [-0.15, -0.1) is 12.4 Å². The first kappa shape index (κ1) is 19.0. The molecule has 0 aromatic heterocycles. The van der Waals surface area contributed by atoms with E-state index < -0.39 is 12.1 Å². The van der Waals surface area contributed by atoms with E-state index >= 15 is 0 Å². The Morgan fingerprint density at radius 1 is 1.29 bits per heavy atom. The average Bonchev–Trinajstić information content (AvgIpc) is 2.98. The Bertz CT molecular complexity index is 496. The summed E-state index contributed by atoms with van der Waals surface area (Å²) in [6.45, 7) is 0. The molecule has 4 nitrogen and oxygen atoms in total. The number of hydrogen-bond donors (Lipinski definition) is 3. The van der Waals surface area contributed by atoms with Crippen LogP contribution in [0.25, 0.3) is 0 Å². The Balaban J connectivity index is 0.00000220. The lowest BCUT2D eigenvalue weighted by atomic mass is 9.91. The van der Waals surface area contributed by atoms with Crippen LogP contribution in [-0.4, -0.2) is 23.4 Å². The van der Waals surface area contributed by atoms with E-state index in [-0.39, 0.29) is 24.1 Å². The number of phenolic OH excluding ortho intramolecular Hbond substituents is 1. The van der Waals surface area contributed by atoms with Gasteiger partial charge in [-0.3, -0.25) is 0 Å². The van der Waals surface area contributed by atoms with Crippen LogP contribution < -0.4 is 10.5 Å². The van der Waals surface area contributed by atoms with Crippen molar-refractivity contribution in [1.29, 1.82) is 0 Å². The summed E-state index contributed by atoms with van der Waals surface area (Å²) in [6.07, 6.45) is 3.75. The molecule has 4 N–H and O–H groups in total. The standard InChI is InChI=1S/C14H19Br2NO3.ClH/c1-20-9-6-8(10(15)11(16)14(9)19)12(17)13(18)7-4-2-3-5-7;/h6-7,12-13,18-19H,2-5,17H2,1H3;1H/t12-,13+;/m1./s1. The number of rotatable bonds is 4. The normalized spacial score (nSPS) is 18.1. The van der Waals surface area contributed by atoms with Crippen molar-refractivity contribution in [3.8, 4) is 11.5 Å². The predicted molar refractivity (Wildman–Crippen MR) is 92.2 cm³/mol. The van der Waals surface area contributed by atoms with Crippen molar-refractivity contribution < 1.29 is 14.9 Å². The molecule has 1 aromatic carbocycles. The smallest absolute Gasteiger partial charge is 0.173 e. The second kappa shape index (κ2) is 8.02. The van der Waals surface area contributed by atoms with E-state index in [1.165, 1.54) is 7.11 Å². The number of hydrogen-bond acceptors (Lipinski definition) is 4. The molecular weight excluding hydrogens is 425 g/mol. The molecule has 120 valence electrons. The van der Waals surface area contributed by atoms with Gasteiger partial charge in [-0.1, -0.05) is 12.8 Å². The summed E-state index contributed by atoms with van der Waals surface area (Å²) in [7, 11) is 1.48. The third-order valence-electron chi connectivity index (χ3n) is 4.00. The van der Waals surface area contributed by atoms with Gasteiger partial charge in [0, 0.05) is 4.47 Å². The van der Waals surface area contributed by atoms with Crippen LogP contribution in [0.5, 0.6) is 11.5 Å². The highest BCUT2D eigenvalue weighted by atomic mass is 79.9. The monoisotopic (exact) mass is 443 g/mol. The van der Waals surface area contributed by atoms with Gasteiger partial charge < -0.3 is 20.7 Å². The Labute approximate surface area is 147 Å². The van der Waals surface area contributed by atoms with Crippen molar-refractivity contribution in [1.82, 2.24) is 0 Å². The van der Waals surface area contributed by atoms with Crippen LogP contribution in [-0.2, 0) is 0 Å². The molecule has 1 aromatic rings. The number of aromatic hydroxyl groups is 1. The second-order valence-corrected chi connectivity index (χ2v) is 6.79. The SMILES string of the molecule is COc1cc([C@@H](N)[C@@H](O)C2CCCC2)c(Br)c(Br)c1O.Cl. The minimum absolute atomic E-state index is 0. The van der Waals surface area contributed by atoms with Crippen molar-refractivity contribution in [2.24, 2.45) is 11.7 Å². The van der Waals surface area contributed by atoms with Crippen LogP contribution in [0.3, 0.4) is 0 Å². The fraction of sp³-hybridized carbons (Fsp3) is 0.571. The van der Waals surface area contributed by atoms with Crippen LogP contribution >= 0.6 is 44.3 Å². The van der Waals surface area contributed by atoms with Gasteiger partial charge in [-0.05, 0) is 62.2 Å². The molecule has 21 heavy (non-hydrogen) atoms. The number of methoxy groups -OCH3 is 1. The van der Waals surface area contributed by atoms with Crippen LogP contribution in [0.4, 0.5) is 0 Å². The minimum atomic E-state index is -0.588. The molecule has 1 aliphatic rings. The third kappa shape index (κ3) is 3.85. The lowest BCUT2D eigenvalue weighted by molar-refractivity contribution is 0.0841. The molecule has 1 aliphatic carbocycles. The molecule has 0 aliphatic heterocycles. The Hall–Kier alpha value is -0.0100. The summed E-state index contributed by atoms with van der Waals surface area (Å²) in [5, 5.41) is 20.4. The van der Waals surface area contributed by atoms with Gasteiger partial charge in [0.25, 0.3) is 0 Å². The highest BCUT2D eigenvalue weighted by molar-refractivity contribution is 9.13. The van der Waals surface area contributed by atoms with E-state index in [0.29, 0.717) is 14.7 Å². The lowest BCUT2D eigenvalue weighted by Gasteiger charge is -2.26. The summed E-state index contributed by atoms with van der Waals surface area (Å²) in [5.41, 5.74) is 6.95. The number of ether oxygens (including phenoxy) is 1. The van der Waals surface area contributed by atoms with E-state index in [1.807, 2.05) is 0 Å². The zero-order valence-electron chi connectivity index (χ0n) is 11.7. The molecule has 0 saturated heterocycles. The topological polar surface area (TPSA) is 75.7 Å². The first-order valence-electron chi connectivity index (χ1n) is 6.65. The molecule has 0 unspecified atom stereocenters. The maximum absolute atomic E-state index is 10.5. The van der Waals surface area contributed by atoms with Crippen molar-refractivity contribution in [3.05, 3.63) is 20.6 Å². The zero-order chi connectivity index (χ0) is 14.9. The van der Waals surface area contributed by atoms with Crippen LogP contribution in [0.15, 0.2) is 15.0 Å².